The Morgan fingerprint density at radius 1 is 1.19 bits per heavy atom. The van der Waals surface area contributed by atoms with Gasteiger partial charge in [-0.1, -0.05) is 0 Å². The van der Waals surface area contributed by atoms with Gasteiger partial charge in [0.25, 0.3) is 5.91 Å². The van der Waals surface area contributed by atoms with Crippen LogP contribution in [-0.4, -0.2) is 48.5 Å². The molecule has 1 N–H and O–H groups in total. The first-order valence-corrected chi connectivity index (χ1v) is 9.51. The van der Waals surface area contributed by atoms with Crippen LogP contribution in [0.5, 0.6) is 11.5 Å². The molecule has 1 heterocycles. The molecular weight excluding hydrogens is 366 g/mol. The largest absolute Gasteiger partial charge is 0.497 e. The molecule has 3 rings (SSSR count). The highest BCUT2D eigenvalue weighted by molar-refractivity contribution is 7.15. The van der Waals surface area contributed by atoms with Gasteiger partial charge < -0.3 is 19.7 Å². The number of carbonyl (C=O) groups excluding carboxylic acids is 2. The predicted octanol–water partition coefficient (Wildman–Crippen LogP) is 3.02. The number of benzene rings is 1. The molecule has 1 aliphatic rings. The summed E-state index contributed by atoms with van der Waals surface area (Å²) in [5.41, 5.74) is 1.33. The van der Waals surface area contributed by atoms with Gasteiger partial charge >= 0.3 is 0 Å². The first-order chi connectivity index (χ1) is 12.9. The molecule has 0 aliphatic heterocycles. The first-order valence-electron chi connectivity index (χ1n) is 8.69. The van der Waals surface area contributed by atoms with Crippen molar-refractivity contribution in [3.8, 4) is 11.5 Å². The Kier molecular flexibility index (Phi) is 5.65. The fourth-order valence-corrected chi connectivity index (χ4v) is 3.52. The van der Waals surface area contributed by atoms with Crippen LogP contribution >= 0.6 is 11.3 Å². The molecule has 1 aliphatic carbocycles. The van der Waals surface area contributed by atoms with E-state index in [9.17, 15) is 9.59 Å². The van der Waals surface area contributed by atoms with E-state index in [0.29, 0.717) is 22.2 Å². The molecule has 0 radical (unpaired) electrons. The van der Waals surface area contributed by atoms with Gasteiger partial charge in [0, 0.05) is 22.5 Å². The van der Waals surface area contributed by atoms with Gasteiger partial charge in [-0.2, -0.15) is 0 Å². The smallest absolute Gasteiger partial charge is 0.254 e. The molecule has 1 aromatic carbocycles. The van der Waals surface area contributed by atoms with Crippen LogP contribution in [0.25, 0.3) is 0 Å². The number of nitrogens with zero attached hydrogens (tertiary/aromatic N) is 2. The highest BCUT2D eigenvalue weighted by atomic mass is 32.1. The lowest BCUT2D eigenvalue weighted by Crippen LogP contribution is -2.39. The molecule has 2 aromatic rings. The van der Waals surface area contributed by atoms with Gasteiger partial charge in [-0.3, -0.25) is 9.59 Å². The summed E-state index contributed by atoms with van der Waals surface area (Å²) in [6.45, 7) is 3.84. The molecule has 1 saturated carbocycles. The number of nitrogens with one attached hydrogen (secondary N) is 1. The van der Waals surface area contributed by atoms with Crippen LogP contribution < -0.4 is 14.8 Å². The molecule has 144 valence electrons. The zero-order chi connectivity index (χ0) is 19.6. The van der Waals surface area contributed by atoms with Crippen molar-refractivity contribution in [2.24, 2.45) is 0 Å². The van der Waals surface area contributed by atoms with Crippen molar-refractivity contribution in [1.82, 2.24) is 9.88 Å². The molecule has 0 spiro atoms. The van der Waals surface area contributed by atoms with Gasteiger partial charge in [-0.15, -0.1) is 11.3 Å². The lowest BCUT2D eigenvalue weighted by Gasteiger charge is -2.22. The normalized spacial score (nSPS) is 13.2. The van der Waals surface area contributed by atoms with E-state index in [-0.39, 0.29) is 24.4 Å². The zero-order valence-electron chi connectivity index (χ0n) is 15.9. The summed E-state index contributed by atoms with van der Waals surface area (Å²) in [5, 5.41) is 3.35. The molecule has 0 saturated heterocycles. The number of hydrogen-bond acceptors (Lipinski definition) is 6. The highest BCUT2D eigenvalue weighted by Crippen LogP contribution is 2.30. The van der Waals surface area contributed by atoms with Crippen LogP contribution in [0.15, 0.2) is 18.2 Å². The molecular formula is C19H23N3O4S. The van der Waals surface area contributed by atoms with E-state index in [4.69, 9.17) is 9.47 Å². The number of hydrogen-bond donors (Lipinski definition) is 1. The van der Waals surface area contributed by atoms with Crippen LogP contribution in [0.1, 0.15) is 33.8 Å². The number of anilines is 1. The molecule has 1 aromatic heterocycles. The summed E-state index contributed by atoms with van der Waals surface area (Å²) < 4.78 is 10.5. The standard InChI is InChI=1S/C19H23N3O4S/c1-11-12(2)27-19(20-11)21-17(23)10-22(14-5-6-14)18(24)13-7-15(25-3)9-16(8-13)26-4/h7-9,14H,5-6,10H2,1-4H3,(H,20,21,23). The number of aromatic nitrogens is 1. The fourth-order valence-electron chi connectivity index (χ4n) is 2.69. The number of methoxy groups -OCH3 is 2. The van der Waals surface area contributed by atoms with Crippen molar-refractivity contribution >= 4 is 28.3 Å². The Morgan fingerprint density at radius 3 is 2.30 bits per heavy atom. The van der Waals surface area contributed by atoms with Crippen LogP contribution in [0.2, 0.25) is 0 Å². The Bertz CT molecular complexity index is 819. The van der Waals surface area contributed by atoms with Crippen molar-refractivity contribution in [3.05, 3.63) is 34.3 Å². The third-order valence-corrected chi connectivity index (χ3v) is 5.42. The molecule has 8 heteroatoms. The van der Waals surface area contributed by atoms with Gasteiger partial charge in [0.1, 0.15) is 18.0 Å². The number of carbonyl (C=O) groups is 2. The minimum Gasteiger partial charge on any atom is -0.497 e. The Balaban J connectivity index is 1.75. The van der Waals surface area contributed by atoms with E-state index in [2.05, 4.69) is 10.3 Å². The second-order valence-corrected chi connectivity index (χ2v) is 7.68. The minimum atomic E-state index is -0.251. The summed E-state index contributed by atoms with van der Waals surface area (Å²) in [4.78, 5) is 32.5. The van der Waals surface area contributed by atoms with Gasteiger partial charge in [0.2, 0.25) is 5.91 Å². The van der Waals surface area contributed by atoms with Crippen molar-refractivity contribution < 1.29 is 19.1 Å². The van der Waals surface area contributed by atoms with Gasteiger partial charge in [0.15, 0.2) is 5.13 Å². The van der Waals surface area contributed by atoms with Crippen LogP contribution in [-0.2, 0) is 4.79 Å². The van der Waals surface area contributed by atoms with E-state index in [1.54, 1.807) is 23.1 Å². The maximum absolute atomic E-state index is 13.0. The molecule has 0 atom stereocenters. The average molecular weight is 389 g/mol. The van der Waals surface area contributed by atoms with Gasteiger partial charge in [-0.25, -0.2) is 4.98 Å². The molecule has 27 heavy (non-hydrogen) atoms. The van der Waals surface area contributed by atoms with Crippen molar-refractivity contribution in [2.45, 2.75) is 32.7 Å². The van der Waals surface area contributed by atoms with E-state index in [1.165, 1.54) is 25.6 Å². The Hall–Kier alpha value is -2.61. The lowest BCUT2D eigenvalue weighted by atomic mass is 10.1. The molecule has 0 bridgehead atoms. The number of rotatable bonds is 7. The summed E-state index contributed by atoms with van der Waals surface area (Å²) >= 11 is 1.43. The predicted molar refractivity (Wildman–Crippen MR) is 104 cm³/mol. The van der Waals surface area contributed by atoms with E-state index in [1.807, 2.05) is 13.8 Å². The number of thiazole rings is 1. The highest BCUT2D eigenvalue weighted by Gasteiger charge is 2.34. The lowest BCUT2D eigenvalue weighted by molar-refractivity contribution is -0.117. The monoisotopic (exact) mass is 389 g/mol. The van der Waals surface area contributed by atoms with Crippen molar-refractivity contribution in [1.29, 1.82) is 0 Å². The van der Waals surface area contributed by atoms with Crippen LogP contribution in [0.4, 0.5) is 5.13 Å². The summed E-state index contributed by atoms with van der Waals surface area (Å²) in [7, 11) is 3.07. The summed E-state index contributed by atoms with van der Waals surface area (Å²) in [6, 6.07) is 5.11. The molecule has 0 unspecified atom stereocenters. The van der Waals surface area contributed by atoms with Crippen LogP contribution in [0.3, 0.4) is 0 Å². The second kappa shape index (κ2) is 7.96. The molecule has 2 amide bonds. The maximum Gasteiger partial charge on any atom is 0.254 e. The molecule has 1 fully saturated rings. The van der Waals surface area contributed by atoms with Crippen LogP contribution in [0, 0.1) is 13.8 Å². The third-order valence-electron chi connectivity index (χ3n) is 4.44. The third kappa shape index (κ3) is 4.57. The SMILES string of the molecule is COc1cc(OC)cc(C(=O)N(CC(=O)Nc2nc(C)c(C)s2)C2CC2)c1. The van der Waals surface area contributed by atoms with E-state index < -0.39 is 0 Å². The second-order valence-electron chi connectivity index (χ2n) is 6.47. The first kappa shape index (κ1) is 19.2. The summed E-state index contributed by atoms with van der Waals surface area (Å²) in [6.07, 6.45) is 1.80. The Morgan fingerprint density at radius 2 is 1.81 bits per heavy atom. The van der Waals surface area contributed by atoms with Gasteiger partial charge in [-0.05, 0) is 38.8 Å². The molecule has 7 nitrogen and oxygen atoms in total. The number of aryl methyl sites for hydroxylation is 2. The summed E-state index contributed by atoms with van der Waals surface area (Å²) in [5.74, 6) is 0.605. The number of ether oxygens (including phenoxy) is 2. The quantitative estimate of drug-likeness (QED) is 0.787. The number of amides is 2. The zero-order valence-corrected chi connectivity index (χ0v) is 16.7. The Labute approximate surface area is 162 Å². The van der Waals surface area contributed by atoms with Crippen molar-refractivity contribution in [3.63, 3.8) is 0 Å². The van der Waals surface area contributed by atoms with E-state index >= 15 is 0 Å². The average Bonchev–Trinajstić information content (AvgIpc) is 3.44. The topological polar surface area (TPSA) is 80.8 Å². The fraction of sp³-hybridized carbons (Fsp3) is 0.421. The minimum absolute atomic E-state index is 0.0132. The maximum atomic E-state index is 13.0. The van der Waals surface area contributed by atoms with Crippen molar-refractivity contribution in [2.75, 3.05) is 26.1 Å². The van der Waals surface area contributed by atoms with Gasteiger partial charge in [0.05, 0.1) is 19.9 Å². The van der Waals surface area contributed by atoms with E-state index in [0.717, 1.165) is 23.4 Å².